The molecule has 1 N–H and O–H groups in total. The molecule has 1 radical (unpaired) electrons. The summed E-state index contributed by atoms with van der Waals surface area (Å²) in [6, 6.07) is 0.396. The third kappa shape index (κ3) is 3.69. The molecule has 0 aromatic heterocycles. The van der Waals surface area contributed by atoms with Crippen LogP contribution in [0, 0.1) is 5.92 Å². The number of amides is 1. The van der Waals surface area contributed by atoms with E-state index < -0.39 is 0 Å². The molecule has 1 amide bonds. The molecule has 1 atom stereocenters. The van der Waals surface area contributed by atoms with Crippen molar-refractivity contribution in [2.75, 3.05) is 0 Å². The Morgan fingerprint density at radius 3 is 2.64 bits per heavy atom. The Morgan fingerprint density at radius 1 is 1.36 bits per heavy atom. The zero-order valence-electron chi connectivity index (χ0n) is 9.22. The molecule has 1 fully saturated rings. The van der Waals surface area contributed by atoms with E-state index in [9.17, 15) is 4.79 Å². The van der Waals surface area contributed by atoms with Crippen molar-refractivity contribution < 1.29 is 4.79 Å². The highest BCUT2D eigenvalue weighted by Crippen LogP contribution is 2.28. The van der Waals surface area contributed by atoms with Crippen molar-refractivity contribution in [3.8, 4) is 0 Å². The zero-order chi connectivity index (χ0) is 10.2. The second kappa shape index (κ2) is 6.86. The van der Waals surface area contributed by atoms with Crippen molar-refractivity contribution in [3.05, 3.63) is 0 Å². The average molecular weight is 196 g/mol. The maximum atomic E-state index is 10.4. The summed E-state index contributed by atoms with van der Waals surface area (Å²) >= 11 is 0. The van der Waals surface area contributed by atoms with Gasteiger partial charge in [-0.05, 0) is 25.2 Å². The van der Waals surface area contributed by atoms with Crippen LogP contribution in [-0.4, -0.2) is 12.5 Å². The first-order valence-corrected chi connectivity index (χ1v) is 6.01. The lowest BCUT2D eigenvalue weighted by Crippen LogP contribution is -2.36. The van der Waals surface area contributed by atoms with Gasteiger partial charge in [0.2, 0.25) is 0 Å². The van der Waals surface area contributed by atoms with Crippen LogP contribution < -0.4 is 5.32 Å². The van der Waals surface area contributed by atoms with Gasteiger partial charge in [-0.1, -0.05) is 39.0 Å². The van der Waals surface area contributed by atoms with Gasteiger partial charge in [-0.2, -0.15) is 0 Å². The first-order valence-electron chi connectivity index (χ1n) is 6.01. The summed E-state index contributed by atoms with van der Waals surface area (Å²) in [7, 11) is 0. The van der Waals surface area contributed by atoms with Crippen molar-refractivity contribution in [3.63, 3.8) is 0 Å². The first kappa shape index (κ1) is 11.5. The Balaban J connectivity index is 2.34. The predicted molar refractivity (Wildman–Crippen MR) is 58.7 cm³/mol. The second-order valence-electron chi connectivity index (χ2n) is 4.39. The van der Waals surface area contributed by atoms with E-state index in [1.54, 1.807) is 0 Å². The molecule has 1 saturated carbocycles. The lowest BCUT2D eigenvalue weighted by atomic mass is 9.82. The molecule has 81 valence electrons. The summed E-state index contributed by atoms with van der Waals surface area (Å²) in [6.07, 6.45) is 12.1. The van der Waals surface area contributed by atoms with Crippen molar-refractivity contribution in [2.24, 2.45) is 5.92 Å². The quantitative estimate of drug-likeness (QED) is 0.650. The third-order valence-corrected chi connectivity index (χ3v) is 3.33. The predicted octanol–water partition coefficient (Wildman–Crippen LogP) is 2.78. The molecular weight excluding hydrogens is 174 g/mol. The van der Waals surface area contributed by atoms with Crippen LogP contribution in [0.1, 0.15) is 58.3 Å². The van der Waals surface area contributed by atoms with Crippen LogP contribution in [0.3, 0.4) is 0 Å². The van der Waals surface area contributed by atoms with Gasteiger partial charge in [0.15, 0.2) is 0 Å². The molecule has 0 aromatic carbocycles. The van der Waals surface area contributed by atoms with Gasteiger partial charge >= 0.3 is 6.41 Å². The number of hydrogen-bond acceptors (Lipinski definition) is 1. The van der Waals surface area contributed by atoms with E-state index in [-0.39, 0.29) is 0 Å². The fraction of sp³-hybridized carbons (Fsp3) is 0.917. The average Bonchev–Trinajstić information content (AvgIpc) is 2.25. The minimum Gasteiger partial charge on any atom is -0.345 e. The number of carbonyl (C=O) groups excluding carboxylic acids is 1. The number of unbranched alkanes of at least 4 members (excludes halogenated alkanes) is 1. The highest BCUT2D eigenvalue weighted by molar-refractivity contribution is 5.47. The summed E-state index contributed by atoms with van der Waals surface area (Å²) < 4.78 is 0. The smallest absolute Gasteiger partial charge is 0.309 e. The molecule has 0 spiro atoms. The van der Waals surface area contributed by atoms with E-state index in [0.29, 0.717) is 6.04 Å². The van der Waals surface area contributed by atoms with Crippen molar-refractivity contribution in [1.29, 1.82) is 0 Å². The third-order valence-electron chi connectivity index (χ3n) is 3.33. The van der Waals surface area contributed by atoms with E-state index in [4.69, 9.17) is 0 Å². The lowest BCUT2D eigenvalue weighted by Gasteiger charge is -2.29. The largest absolute Gasteiger partial charge is 0.345 e. The van der Waals surface area contributed by atoms with Crippen LogP contribution in [0.4, 0.5) is 0 Å². The van der Waals surface area contributed by atoms with Gasteiger partial charge in [0, 0.05) is 6.04 Å². The molecule has 0 saturated heterocycles. The highest BCUT2D eigenvalue weighted by Gasteiger charge is 2.22. The summed E-state index contributed by atoms with van der Waals surface area (Å²) in [5.41, 5.74) is 0. The van der Waals surface area contributed by atoms with Crippen LogP contribution in [0.25, 0.3) is 0 Å². The summed E-state index contributed by atoms with van der Waals surface area (Å²) in [4.78, 5) is 10.4. The fourth-order valence-corrected chi connectivity index (χ4v) is 2.46. The summed E-state index contributed by atoms with van der Waals surface area (Å²) in [5.74, 6) is 0.719. The monoisotopic (exact) mass is 196 g/mol. The Morgan fingerprint density at radius 2 is 2.07 bits per heavy atom. The molecule has 0 aromatic rings. The van der Waals surface area contributed by atoms with E-state index >= 15 is 0 Å². The van der Waals surface area contributed by atoms with Crippen molar-refractivity contribution >= 4 is 6.41 Å². The fourth-order valence-electron chi connectivity index (χ4n) is 2.46. The normalized spacial score (nSPS) is 20.4. The van der Waals surface area contributed by atoms with Crippen LogP contribution in [-0.2, 0) is 4.79 Å². The molecule has 2 heteroatoms. The molecule has 14 heavy (non-hydrogen) atoms. The van der Waals surface area contributed by atoms with Gasteiger partial charge < -0.3 is 5.32 Å². The number of rotatable bonds is 6. The molecule has 1 aliphatic carbocycles. The van der Waals surface area contributed by atoms with Crippen LogP contribution in [0.5, 0.6) is 0 Å². The van der Waals surface area contributed by atoms with E-state index in [2.05, 4.69) is 12.2 Å². The first-order chi connectivity index (χ1) is 6.88. The topological polar surface area (TPSA) is 29.1 Å². The van der Waals surface area contributed by atoms with E-state index in [1.807, 2.05) is 6.41 Å². The van der Waals surface area contributed by atoms with Gasteiger partial charge in [0.05, 0.1) is 0 Å². The Labute approximate surface area is 87.5 Å². The van der Waals surface area contributed by atoms with Gasteiger partial charge in [-0.25, -0.2) is 0 Å². The molecule has 2 nitrogen and oxygen atoms in total. The Kier molecular flexibility index (Phi) is 5.65. The molecule has 0 aliphatic heterocycles. The van der Waals surface area contributed by atoms with E-state index in [0.717, 1.165) is 12.3 Å². The van der Waals surface area contributed by atoms with Crippen LogP contribution >= 0.6 is 0 Å². The molecule has 0 bridgehead atoms. The molecule has 0 heterocycles. The maximum Gasteiger partial charge on any atom is 0.309 e. The summed E-state index contributed by atoms with van der Waals surface area (Å²) in [5, 5.41) is 2.88. The summed E-state index contributed by atoms with van der Waals surface area (Å²) in [6.45, 7) is 2.20. The van der Waals surface area contributed by atoms with Gasteiger partial charge in [0.25, 0.3) is 0 Å². The molecular formula is C12H22NO. The van der Waals surface area contributed by atoms with Gasteiger partial charge in [-0.3, -0.25) is 4.79 Å². The molecule has 1 unspecified atom stereocenters. The number of hydrogen-bond donors (Lipinski definition) is 1. The van der Waals surface area contributed by atoms with Gasteiger partial charge in [0.1, 0.15) is 0 Å². The standard InChI is InChI=1S/C12H22NO/c1-2-3-9-12(13-10-14)11-7-5-4-6-8-11/h11-12H,2-9H2,1H3,(H,13,14). The van der Waals surface area contributed by atoms with Gasteiger partial charge in [-0.15, -0.1) is 0 Å². The van der Waals surface area contributed by atoms with Crippen LogP contribution in [0.15, 0.2) is 0 Å². The minimum absolute atomic E-state index is 0.396. The van der Waals surface area contributed by atoms with Crippen molar-refractivity contribution in [1.82, 2.24) is 5.32 Å². The Bertz CT molecular complexity index is 152. The van der Waals surface area contributed by atoms with Crippen LogP contribution in [0.2, 0.25) is 0 Å². The minimum atomic E-state index is 0.396. The molecule has 1 aliphatic rings. The SMILES string of the molecule is CCCCC(N[C]=O)C1CCCCC1. The maximum absolute atomic E-state index is 10.4. The zero-order valence-corrected chi connectivity index (χ0v) is 9.22. The second-order valence-corrected chi connectivity index (χ2v) is 4.39. The lowest BCUT2D eigenvalue weighted by molar-refractivity contribution is 0.272. The van der Waals surface area contributed by atoms with Crippen molar-refractivity contribution in [2.45, 2.75) is 64.3 Å². The molecule has 1 rings (SSSR count). The number of nitrogens with one attached hydrogen (secondary N) is 1. The van der Waals surface area contributed by atoms with E-state index in [1.165, 1.54) is 44.9 Å². The highest BCUT2D eigenvalue weighted by atomic mass is 16.1. The Hall–Kier alpha value is -0.530.